The van der Waals surface area contributed by atoms with Gasteiger partial charge >= 0.3 is 0 Å². The Morgan fingerprint density at radius 3 is 2.55 bits per heavy atom. The maximum absolute atomic E-state index is 12.7. The molecule has 1 fully saturated rings. The molecule has 0 unspecified atom stereocenters. The zero-order valence-corrected chi connectivity index (χ0v) is 19.4. The SMILES string of the molecule is CC(C)CSc1nnc(NC(=O)C2CCN(S(=O)(=O)c3ccc(Cl)cc3)CC2)s1. The molecule has 0 saturated carbocycles. The largest absolute Gasteiger partial charge is 0.300 e. The van der Waals surface area contributed by atoms with Crippen molar-refractivity contribution in [3.05, 3.63) is 29.3 Å². The standard InChI is InChI=1S/C18H23ClN4O3S3/c1-12(2)11-27-18-22-21-17(28-18)20-16(24)13-7-9-23(10-8-13)29(25,26)15-5-3-14(19)4-6-15/h3-6,12-13H,7-11H2,1-2H3,(H,20,21,24). The molecule has 1 aliphatic heterocycles. The predicted octanol–water partition coefficient (Wildman–Crippen LogP) is 3.98. The topological polar surface area (TPSA) is 92.3 Å². The molecule has 1 aromatic carbocycles. The van der Waals surface area contributed by atoms with Crippen molar-refractivity contribution in [3.8, 4) is 0 Å². The minimum atomic E-state index is -3.58. The van der Waals surface area contributed by atoms with Gasteiger partial charge in [0.15, 0.2) is 4.34 Å². The van der Waals surface area contributed by atoms with Crippen LogP contribution in [0.3, 0.4) is 0 Å². The van der Waals surface area contributed by atoms with Gasteiger partial charge in [0.25, 0.3) is 0 Å². The number of hydrogen-bond acceptors (Lipinski definition) is 7. The van der Waals surface area contributed by atoms with Crippen LogP contribution in [0.25, 0.3) is 0 Å². The van der Waals surface area contributed by atoms with E-state index in [0.29, 0.717) is 42.0 Å². The maximum Gasteiger partial charge on any atom is 0.243 e. The summed E-state index contributed by atoms with van der Waals surface area (Å²) in [5.41, 5.74) is 0. The number of anilines is 1. The Hall–Kier alpha value is -1.20. The minimum absolute atomic E-state index is 0.134. The van der Waals surface area contributed by atoms with E-state index in [2.05, 4.69) is 29.4 Å². The molecule has 158 valence electrons. The number of thioether (sulfide) groups is 1. The summed E-state index contributed by atoms with van der Waals surface area (Å²) in [4.78, 5) is 12.8. The fraction of sp³-hybridized carbons (Fsp3) is 0.500. The lowest BCUT2D eigenvalue weighted by molar-refractivity contribution is -0.120. The summed E-state index contributed by atoms with van der Waals surface area (Å²) < 4.78 is 27.7. The van der Waals surface area contributed by atoms with Crippen molar-refractivity contribution in [3.63, 3.8) is 0 Å². The van der Waals surface area contributed by atoms with Crippen molar-refractivity contribution >= 4 is 55.8 Å². The number of halogens is 1. The predicted molar refractivity (Wildman–Crippen MR) is 117 cm³/mol. The van der Waals surface area contributed by atoms with Crippen molar-refractivity contribution < 1.29 is 13.2 Å². The van der Waals surface area contributed by atoms with Crippen LogP contribution in [0, 0.1) is 11.8 Å². The third-order valence-electron chi connectivity index (χ3n) is 4.45. The van der Waals surface area contributed by atoms with E-state index < -0.39 is 10.0 Å². The normalized spacial score (nSPS) is 16.3. The van der Waals surface area contributed by atoms with Crippen LogP contribution in [0.4, 0.5) is 5.13 Å². The van der Waals surface area contributed by atoms with Gasteiger partial charge in [-0.3, -0.25) is 4.79 Å². The van der Waals surface area contributed by atoms with E-state index in [4.69, 9.17) is 11.6 Å². The summed E-state index contributed by atoms with van der Waals surface area (Å²) >= 11 is 8.83. The van der Waals surface area contributed by atoms with Crippen LogP contribution in [-0.4, -0.2) is 47.7 Å². The van der Waals surface area contributed by atoms with Crippen LogP contribution in [0.2, 0.25) is 5.02 Å². The molecule has 0 aliphatic carbocycles. The van der Waals surface area contributed by atoms with Crippen molar-refractivity contribution in [1.82, 2.24) is 14.5 Å². The smallest absolute Gasteiger partial charge is 0.243 e. The van der Waals surface area contributed by atoms with Gasteiger partial charge in [0.2, 0.25) is 21.1 Å². The highest BCUT2D eigenvalue weighted by atomic mass is 35.5. The molecule has 2 heterocycles. The number of piperidine rings is 1. The molecule has 3 rings (SSSR count). The number of benzene rings is 1. The van der Waals surface area contributed by atoms with Crippen LogP contribution < -0.4 is 5.32 Å². The number of nitrogens with zero attached hydrogens (tertiary/aromatic N) is 3. The summed E-state index contributed by atoms with van der Waals surface area (Å²) in [6.45, 7) is 4.87. The van der Waals surface area contributed by atoms with Crippen molar-refractivity contribution in [2.45, 2.75) is 35.9 Å². The lowest BCUT2D eigenvalue weighted by Crippen LogP contribution is -2.41. The number of carbonyl (C=O) groups is 1. The van der Waals surface area contributed by atoms with Gasteiger partial charge in [-0.2, -0.15) is 4.31 Å². The summed E-state index contributed by atoms with van der Waals surface area (Å²) in [5.74, 6) is 1.12. The van der Waals surface area contributed by atoms with Gasteiger partial charge in [-0.05, 0) is 43.0 Å². The molecule has 1 aromatic heterocycles. The lowest BCUT2D eigenvalue weighted by atomic mass is 9.97. The number of amides is 1. The molecule has 1 aliphatic rings. The lowest BCUT2D eigenvalue weighted by Gasteiger charge is -2.30. The highest BCUT2D eigenvalue weighted by molar-refractivity contribution is 8.01. The Labute approximate surface area is 184 Å². The molecular weight excluding hydrogens is 452 g/mol. The summed E-state index contributed by atoms with van der Waals surface area (Å²) in [5, 5.41) is 11.9. The monoisotopic (exact) mass is 474 g/mol. The average molecular weight is 475 g/mol. The summed E-state index contributed by atoms with van der Waals surface area (Å²) in [6.07, 6.45) is 0.929. The zero-order chi connectivity index (χ0) is 21.0. The van der Waals surface area contributed by atoms with E-state index in [1.165, 1.54) is 27.8 Å². The van der Waals surface area contributed by atoms with E-state index >= 15 is 0 Å². The quantitative estimate of drug-likeness (QED) is 0.482. The van der Waals surface area contributed by atoms with Crippen LogP contribution in [-0.2, 0) is 14.8 Å². The van der Waals surface area contributed by atoms with Gasteiger partial charge in [-0.25, -0.2) is 8.42 Å². The molecule has 1 N–H and O–H groups in total. The first-order valence-electron chi connectivity index (χ1n) is 9.28. The fourth-order valence-corrected chi connectivity index (χ4v) is 6.21. The Morgan fingerprint density at radius 2 is 1.93 bits per heavy atom. The van der Waals surface area contributed by atoms with Crippen LogP contribution in [0.5, 0.6) is 0 Å². The number of sulfonamides is 1. The number of nitrogens with one attached hydrogen (secondary N) is 1. The van der Waals surface area contributed by atoms with E-state index in [9.17, 15) is 13.2 Å². The van der Waals surface area contributed by atoms with Crippen LogP contribution in [0.1, 0.15) is 26.7 Å². The Kier molecular flexibility index (Phi) is 7.55. The molecule has 2 aromatic rings. The highest BCUT2D eigenvalue weighted by Crippen LogP contribution is 2.29. The second kappa shape index (κ2) is 9.74. The van der Waals surface area contributed by atoms with Crippen molar-refractivity contribution in [1.29, 1.82) is 0 Å². The van der Waals surface area contributed by atoms with Crippen molar-refractivity contribution in [2.75, 3.05) is 24.2 Å². The van der Waals surface area contributed by atoms with E-state index in [1.807, 2.05) is 0 Å². The summed E-state index contributed by atoms with van der Waals surface area (Å²) in [7, 11) is -3.58. The molecule has 0 atom stereocenters. The number of hydrogen-bond donors (Lipinski definition) is 1. The second-order valence-electron chi connectivity index (χ2n) is 7.20. The molecule has 0 spiro atoms. The first-order chi connectivity index (χ1) is 13.8. The first kappa shape index (κ1) is 22.5. The van der Waals surface area contributed by atoms with Crippen molar-refractivity contribution in [2.24, 2.45) is 11.8 Å². The number of aromatic nitrogens is 2. The van der Waals surface area contributed by atoms with E-state index in [0.717, 1.165) is 10.1 Å². The fourth-order valence-electron chi connectivity index (χ4n) is 2.88. The van der Waals surface area contributed by atoms with Gasteiger partial charge in [0, 0.05) is 29.8 Å². The first-order valence-corrected chi connectivity index (χ1v) is 12.9. The third kappa shape index (κ3) is 5.91. The van der Waals surface area contributed by atoms with Crippen LogP contribution in [0.15, 0.2) is 33.5 Å². The van der Waals surface area contributed by atoms with Gasteiger partial charge < -0.3 is 5.32 Å². The Bertz CT molecular complexity index is 940. The van der Waals surface area contributed by atoms with Gasteiger partial charge in [0.05, 0.1) is 4.90 Å². The molecule has 1 saturated heterocycles. The molecule has 0 radical (unpaired) electrons. The Balaban J connectivity index is 1.53. The van der Waals surface area contributed by atoms with Crippen LogP contribution >= 0.6 is 34.7 Å². The number of rotatable bonds is 7. The Morgan fingerprint density at radius 1 is 1.28 bits per heavy atom. The molecular formula is C18H23ClN4O3S3. The van der Waals surface area contributed by atoms with Gasteiger partial charge in [0.1, 0.15) is 0 Å². The molecule has 29 heavy (non-hydrogen) atoms. The summed E-state index contributed by atoms with van der Waals surface area (Å²) in [6, 6.07) is 6.12. The third-order valence-corrected chi connectivity index (χ3v) is 9.02. The molecule has 1 amide bonds. The second-order valence-corrected chi connectivity index (χ2v) is 11.8. The molecule has 7 nitrogen and oxygen atoms in total. The van der Waals surface area contributed by atoms with E-state index in [-0.39, 0.29) is 16.7 Å². The average Bonchev–Trinajstić information content (AvgIpc) is 3.14. The van der Waals surface area contributed by atoms with E-state index in [1.54, 1.807) is 23.9 Å². The molecule has 0 bridgehead atoms. The maximum atomic E-state index is 12.7. The van der Waals surface area contributed by atoms with Gasteiger partial charge in [-0.15, -0.1) is 10.2 Å². The minimum Gasteiger partial charge on any atom is -0.300 e. The van der Waals surface area contributed by atoms with Gasteiger partial charge in [-0.1, -0.05) is 48.5 Å². The zero-order valence-electron chi connectivity index (χ0n) is 16.2. The number of carbonyl (C=O) groups excluding carboxylic acids is 1. The molecule has 11 heteroatoms. The highest BCUT2D eigenvalue weighted by Gasteiger charge is 2.32.